The smallest absolute Gasteiger partial charge is 0.353 e. The van der Waals surface area contributed by atoms with E-state index in [1.165, 1.54) is 53.8 Å². The maximum atomic E-state index is 13.7. The molecule has 2 aromatic carbocycles. The standard InChI is InChI=1S/C29H20Cl2N2O6S/c30-18-7-10-20(21(31)13-18)26(35)32(33-27(36)24-16-3-4-17(12-16)25(24)28(33)37)14-22(34)15-5-8-19(9-6-15)39-29(38)23-2-1-11-40-23/h1-11,13,16-17,24-25H,12,14H2/t16-,17-,24+,25+/m0/s1. The summed E-state index contributed by atoms with van der Waals surface area (Å²) in [5.74, 6) is -3.89. The first-order valence-corrected chi connectivity index (χ1v) is 14.1. The van der Waals surface area contributed by atoms with E-state index in [4.69, 9.17) is 27.9 Å². The van der Waals surface area contributed by atoms with Crippen molar-refractivity contribution in [3.05, 3.63) is 98.2 Å². The van der Waals surface area contributed by atoms with Crippen LogP contribution in [-0.2, 0) is 9.59 Å². The third kappa shape index (κ3) is 4.54. The Hall–Kier alpha value is -3.79. The Morgan fingerprint density at radius 2 is 1.62 bits per heavy atom. The molecule has 202 valence electrons. The number of imide groups is 1. The van der Waals surface area contributed by atoms with E-state index in [-0.39, 0.29) is 33.7 Å². The minimum Gasteiger partial charge on any atom is -0.422 e. The second-order valence-electron chi connectivity index (χ2n) is 9.79. The Labute approximate surface area is 242 Å². The molecule has 0 spiro atoms. The molecule has 2 heterocycles. The summed E-state index contributed by atoms with van der Waals surface area (Å²) in [6.45, 7) is -0.591. The molecule has 2 fully saturated rings. The number of hydrogen-bond acceptors (Lipinski definition) is 7. The fourth-order valence-corrected chi connectivity index (χ4v) is 6.74. The van der Waals surface area contributed by atoms with E-state index < -0.39 is 47.9 Å². The van der Waals surface area contributed by atoms with E-state index >= 15 is 0 Å². The monoisotopic (exact) mass is 594 g/mol. The Morgan fingerprint density at radius 1 is 0.950 bits per heavy atom. The number of benzene rings is 2. The van der Waals surface area contributed by atoms with Crippen molar-refractivity contribution in [3.63, 3.8) is 0 Å². The van der Waals surface area contributed by atoms with Crippen LogP contribution in [0.2, 0.25) is 10.0 Å². The summed E-state index contributed by atoms with van der Waals surface area (Å²) in [6.07, 6.45) is 4.61. The minimum absolute atomic E-state index is 0.00606. The number of ether oxygens (including phenoxy) is 1. The van der Waals surface area contributed by atoms with E-state index in [0.29, 0.717) is 9.90 Å². The van der Waals surface area contributed by atoms with Crippen molar-refractivity contribution in [3.8, 4) is 5.75 Å². The Balaban J connectivity index is 1.27. The molecule has 3 amide bonds. The fourth-order valence-electron chi connectivity index (χ4n) is 5.65. The molecular weight excluding hydrogens is 575 g/mol. The van der Waals surface area contributed by atoms with E-state index in [1.54, 1.807) is 17.5 Å². The molecule has 40 heavy (non-hydrogen) atoms. The lowest BCUT2D eigenvalue weighted by Gasteiger charge is -2.31. The van der Waals surface area contributed by atoms with Gasteiger partial charge in [0.1, 0.15) is 17.2 Å². The van der Waals surface area contributed by atoms with Crippen molar-refractivity contribution >= 4 is 64.0 Å². The van der Waals surface area contributed by atoms with Crippen LogP contribution < -0.4 is 4.74 Å². The molecule has 0 N–H and O–H groups in total. The van der Waals surface area contributed by atoms with Crippen LogP contribution in [0.4, 0.5) is 0 Å². The second kappa shape index (κ2) is 10.3. The topological polar surface area (TPSA) is 101 Å². The van der Waals surface area contributed by atoms with Gasteiger partial charge in [0.25, 0.3) is 17.7 Å². The van der Waals surface area contributed by atoms with Gasteiger partial charge in [-0.25, -0.2) is 9.80 Å². The van der Waals surface area contributed by atoms with Crippen molar-refractivity contribution in [1.82, 2.24) is 10.0 Å². The lowest BCUT2D eigenvalue weighted by Crippen LogP contribution is -2.52. The van der Waals surface area contributed by atoms with Gasteiger partial charge in [-0.05, 0) is 72.2 Å². The molecular formula is C29H20Cl2N2O6S. The number of allylic oxidation sites excluding steroid dienone is 2. The summed E-state index contributed by atoms with van der Waals surface area (Å²) < 4.78 is 5.34. The summed E-state index contributed by atoms with van der Waals surface area (Å²) >= 11 is 13.5. The predicted octanol–water partition coefficient (Wildman–Crippen LogP) is 5.32. The summed E-state index contributed by atoms with van der Waals surface area (Å²) in [5, 5.41) is 3.78. The molecule has 2 aliphatic carbocycles. The number of esters is 1. The average Bonchev–Trinajstić information content (AvgIpc) is 3.73. The number of amides is 3. The second-order valence-corrected chi connectivity index (χ2v) is 11.6. The van der Waals surface area contributed by atoms with Crippen LogP contribution in [0.1, 0.15) is 36.8 Å². The highest BCUT2D eigenvalue weighted by atomic mass is 35.5. The van der Waals surface area contributed by atoms with Gasteiger partial charge in [-0.3, -0.25) is 19.2 Å². The number of nitrogens with zero attached hydrogens (tertiary/aromatic N) is 2. The van der Waals surface area contributed by atoms with Gasteiger partial charge in [0, 0.05) is 10.6 Å². The van der Waals surface area contributed by atoms with Crippen molar-refractivity contribution in [1.29, 1.82) is 0 Å². The number of fused-ring (bicyclic) bond motifs is 5. The number of Topliss-reactive ketones (excluding diaryl/α,β-unsaturated/α-hetero) is 1. The number of thiophene rings is 1. The Kier molecular flexibility index (Phi) is 6.82. The van der Waals surface area contributed by atoms with E-state index in [1.807, 2.05) is 12.2 Å². The highest BCUT2D eigenvalue weighted by molar-refractivity contribution is 7.12. The van der Waals surface area contributed by atoms with Crippen LogP contribution in [0.15, 0.2) is 72.1 Å². The van der Waals surface area contributed by atoms with Crippen molar-refractivity contribution < 1.29 is 28.7 Å². The van der Waals surface area contributed by atoms with Crippen LogP contribution in [0, 0.1) is 23.7 Å². The molecule has 3 aromatic rings. The predicted molar refractivity (Wildman–Crippen MR) is 147 cm³/mol. The van der Waals surface area contributed by atoms with Gasteiger partial charge in [-0.1, -0.05) is 41.4 Å². The maximum absolute atomic E-state index is 13.7. The molecule has 4 atom stereocenters. The largest absolute Gasteiger partial charge is 0.422 e. The van der Waals surface area contributed by atoms with E-state index in [0.717, 1.165) is 16.4 Å². The molecule has 1 saturated heterocycles. The molecule has 1 aliphatic heterocycles. The zero-order valence-corrected chi connectivity index (χ0v) is 23.0. The third-order valence-corrected chi connectivity index (χ3v) is 8.88. The van der Waals surface area contributed by atoms with Crippen molar-refractivity contribution in [2.75, 3.05) is 6.54 Å². The number of carbonyl (C=O) groups excluding carboxylic acids is 5. The zero-order valence-electron chi connectivity index (χ0n) is 20.7. The van der Waals surface area contributed by atoms with Gasteiger partial charge >= 0.3 is 5.97 Å². The Morgan fingerprint density at radius 3 is 2.23 bits per heavy atom. The highest BCUT2D eigenvalue weighted by Gasteiger charge is 2.61. The van der Waals surface area contributed by atoms with Crippen LogP contribution in [0.25, 0.3) is 0 Å². The molecule has 0 radical (unpaired) electrons. The van der Waals surface area contributed by atoms with Gasteiger partial charge in [0.2, 0.25) is 0 Å². The number of halogens is 2. The number of carbonyl (C=O) groups is 5. The van der Waals surface area contributed by atoms with Crippen LogP contribution in [-0.4, -0.2) is 46.0 Å². The molecule has 8 nitrogen and oxygen atoms in total. The summed E-state index contributed by atoms with van der Waals surface area (Å²) in [5.41, 5.74) is 0.186. The summed E-state index contributed by atoms with van der Waals surface area (Å²) in [6, 6.07) is 13.4. The summed E-state index contributed by atoms with van der Waals surface area (Å²) in [4.78, 5) is 66.8. The quantitative estimate of drug-likeness (QED) is 0.121. The highest BCUT2D eigenvalue weighted by Crippen LogP contribution is 2.52. The lowest BCUT2D eigenvalue weighted by atomic mass is 9.85. The normalized spacial score (nSPS) is 22.5. The number of rotatable bonds is 7. The number of hydrogen-bond donors (Lipinski definition) is 0. The molecule has 11 heteroatoms. The first-order chi connectivity index (χ1) is 19.2. The molecule has 1 saturated carbocycles. The maximum Gasteiger partial charge on any atom is 0.353 e. The van der Waals surface area contributed by atoms with Crippen molar-refractivity contribution in [2.45, 2.75) is 6.42 Å². The van der Waals surface area contributed by atoms with E-state index in [2.05, 4.69) is 0 Å². The number of ketones is 1. The lowest BCUT2D eigenvalue weighted by molar-refractivity contribution is -0.154. The molecule has 6 rings (SSSR count). The van der Waals surface area contributed by atoms with Crippen LogP contribution in [0.3, 0.4) is 0 Å². The van der Waals surface area contributed by atoms with Crippen LogP contribution in [0.5, 0.6) is 5.75 Å². The molecule has 2 bridgehead atoms. The van der Waals surface area contributed by atoms with Crippen molar-refractivity contribution in [2.24, 2.45) is 23.7 Å². The SMILES string of the molecule is O=C(CN(C(=O)c1ccc(Cl)cc1Cl)N1C(=O)[C@H]2[C@H](C1=O)[C@H]1C=C[C@H]2C1)c1ccc(OC(=O)c2cccs2)cc1. The zero-order chi connectivity index (χ0) is 28.1. The fraction of sp³-hybridized carbons (Fsp3) is 0.207. The summed E-state index contributed by atoms with van der Waals surface area (Å²) in [7, 11) is 0. The third-order valence-electron chi connectivity index (χ3n) is 7.49. The van der Waals surface area contributed by atoms with E-state index in [9.17, 15) is 24.0 Å². The molecule has 1 aromatic heterocycles. The Bertz CT molecular complexity index is 1560. The van der Waals surface area contributed by atoms with Gasteiger partial charge in [-0.2, -0.15) is 5.01 Å². The van der Waals surface area contributed by atoms with Gasteiger partial charge in [0.15, 0.2) is 5.78 Å². The first-order valence-electron chi connectivity index (χ1n) is 12.4. The first kappa shape index (κ1) is 26.4. The van der Waals surface area contributed by atoms with Gasteiger partial charge in [0.05, 0.1) is 22.4 Å². The average molecular weight is 595 g/mol. The van der Waals surface area contributed by atoms with Crippen LogP contribution >= 0.6 is 34.5 Å². The molecule has 0 unspecified atom stereocenters. The number of hydrazine groups is 1. The molecule has 3 aliphatic rings. The van der Waals surface area contributed by atoms with Gasteiger partial charge in [-0.15, -0.1) is 11.3 Å². The minimum atomic E-state index is -0.779. The van der Waals surface area contributed by atoms with Gasteiger partial charge < -0.3 is 4.74 Å².